The van der Waals surface area contributed by atoms with Gasteiger partial charge in [-0.2, -0.15) is 0 Å². The Kier molecular flexibility index (Phi) is 4.71. The molecule has 1 aliphatic heterocycles. The molecule has 4 rings (SSSR count). The van der Waals surface area contributed by atoms with Gasteiger partial charge in [-0.1, -0.05) is 35.9 Å². The Hall–Kier alpha value is -3.38. The van der Waals surface area contributed by atoms with Crippen LogP contribution in [0.1, 0.15) is 15.9 Å². The summed E-state index contributed by atoms with van der Waals surface area (Å²) in [7, 11) is 0. The zero-order chi connectivity index (χ0) is 19.7. The van der Waals surface area contributed by atoms with Crippen molar-refractivity contribution in [1.29, 1.82) is 0 Å². The maximum atomic E-state index is 12.6. The minimum absolute atomic E-state index is 0.264. The molecule has 140 valence electrons. The van der Waals surface area contributed by atoms with Crippen LogP contribution in [0.15, 0.2) is 60.8 Å². The fourth-order valence-electron chi connectivity index (χ4n) is 3.18. The van der Waals surface area contributed by atoms with Crippen LogP contribution in [0.3, 0.4) is 0 Å². The van der Waals surface area contributed by atoms with Gasteiger partial charge >= 0.3 is 0 Å². The summed E-state index contributed by atoms with van der Waals surface area (Å²) in [6.07, 6.45) is 2.03. The lowest BCUT2D eigenvalue weighted by Crippen LogP contribution is -2.42. The number of amides is 2. The normalized spacial score (nSPS) is 16.0. The number of nitrogens with two attached hydrogens (primary N) is 1. The molecule has 1 unspecified atom stereocenters. The van der Waals surface area contributed by atoms with Crippen molar-refractivity contribution in [1.82, 2.24) is 10.3 Å². The molecule has 0 spiro atoms. The Morgan fingerprint density at radius 3 is 2.54 bits per heavy atom. The largest absolute Gasteiger partial charge is 0.384 e. The Bertz CT molecular complexity index is 1070. The van der Waals surface area contributed by atoms with E-state index in [1.54, 1.807) is 30.5 Å². The van der Waals surface area contributed by atoms with Gasteiger partial charge in [0.2, 0.25) is 5.91 Å². The number of anilines is 2. The van der Waals surface area contributed by atoms with Gasteiger partial charge in [-0.05, 0) is 47.0 Å². The number of nitrogens with one attached hydrogen (secondary N) is 2. The predicted octanol–water partition coefficient (Wildman–Crippen LogP) is 3.28. The molecule has 0 bridgehead atoms. The molecule has 1 aliphatic rings. The van der Waals surface area contributed by atoms with E-state index in [9.17, 15) is 9.59 Å². The summed E-state index contributed by atoms with van der Waals surface area (Å²) in [6.45, 7) is 0. The van der Waals surface area contributed by atoms with Gasteiger partial charge in [-0.15, -0.1) is 0 Å². The van der Waals surface area contributed by atoms with Gasteiger partial charge in [0.15, 0.2) is 0 Å². The highest BCUT2D eigenvalue weighted by Gasteiger charge is 2.28. The highest BCUT2D eigenvalue weighted by Crippen LogP contribution is 2.24. The lowest BCUT2D eigenvalue weighted by molar-refractivity contribution is -0.117. The van der Waals surface area contributed by atoms with Gasteiger partial charge in [0.1, 0.15) is 11.9 Å². The van der Waals surface area contributed by atoms with Crippen LogP contribution in [0.2, 0.25) is 5.02 Å². The summed E-state index contributed by atoms with van der Waals surface area (Å²) in [5.41, 5.74) is 9.43. The average molecular weight is 393 g/mol. The molecule has 0 saturated carbocycles. The smallest absolute Gasteiger partial charge is 0.254 e. The molecule has 0 aliphatic carbocycles. The van der Waals surface area contributed by atoms with Crippen LogP contribution < -0.4 is 16.4 Å². The zero-order valence-corrected chi connectivity index (χ0v) is 15.5. The first kappa shape index (κ1) is 18.0. The standard InChI is InChI=1S/C21H17ClN4O2/c22-15-5-6-17-16(11-15)20(27)26-18(21(28)25-17)9-12-1-3-13(4-2-12)14-7-8-24-19(23)10-14/h1-8,10-11,18H,9H2,(H2,23,24)(H,25,28)(H,26,27). The first-order valence-corrected chi connectivity index (χ1v) is 9.09. The first-order chi connectivity index (χ1) is 13.5. The number of carbonyl (C=O) groups excluding carboxylic acids is 2. The third kappa shape index (κ3) is 3.68. The van der Waals surface area contributed by atoms with Crippen molar-refractivity contribution in [3.63, 3.8) is 0 Å². The van der Waals surface area contributed by atoms with E-state index in [4.69, 9.17) is 17.3 Å². The summed E-state index contributed by atoms with van der Waals surface area (Å²) in [4.78, 5) is 29.0. The van der Waals surface area contributed by atoms with Crippen LogP contribution >= 0.6 is 11.6 Å². The molecule has 7 heteroatoms. The number of aromatic nitrogens is 1. The summed E-state index contributed by atoms with van der Waals surface area (Å²) in [6, 6.07) is 15.6. The number of hydrogen-bond acceptors (Lipinski definition) is 4. The molecule has 0 saturated heterocycles. The van der Waals surface area contributed by atoms with Crippen molar-refractivity contribution in [2.24, 2.45) is 0 Å². The quantitative estimate of drug-likeness (QED) is 0.637. The highest BCUT2D eigenvalue weighted by molar-refractivity contribution is 6.31. The molecule has 28 heavy (non-hydrogen) atoms. The van der Waals surface area contributed by atoms with Crippen molar-refractivity contribution >= 4 is 34.9 Å². The lowest BCUT2D eigenvalue weighted by atomic mass is 10.0. The molecule has 4 N–H and O–H groups in total. The zero-order valence-electron chi connectivity index (χ0n) is 14.8. The highest BCUT2D eigenvalue weighted by atomic mass is 35.5. The molecule has 0 fully saturated rings. The lowest BCUT2D eigenvalue weighted by Gasteiger charge is -2.15. The van der Waals surface area contributed by atoms with Crippen molar-refractivity contribution in [3.05, 3.63) is 76.9 Å². The van der Waals surface area contributed by atoms with Crippen molar-refractivity contribution in [2.45, 2.75) is 12.5 Å². The Morgan fingerprint density at radius 1 is 1.00 bits per heavy atom. The molecule has 1 atom stereocenters. The Morgan fingerprint density at radius 2 is 1.79 bits per heavy atom. The van der Waals surface area contributed by atoms with Crippen molar-refractivity contribution in [3.8, 4) is 11.1 Å². The molecule has 6 nitrogen and oxygen atoms in total. The maximum Gasteiger partial charge on any atom is 0.254 e. The minimum Gasteiger partial charge on any atom is -0.384 e. The van der Waals surface area contributed by atoms with E-state index in [-0.39, 0.29) is 11.8 Å². The fourth-order valence-corrected chi connectivity index (χ4v) is 3.35. The van der Waals surface area contributed by atoms with Crippen LogP contribution in [0.5, 0.6) is 0 Å². The number of halogens is 1. The van der Waals surface area contributed by atoms with Crippen molar-refractivity contribution in [2.75, 3.05) is 11.1 Å². The summed E-state index contributed by atoms with van der Waals surface area (Å²) >= 11 is 5.97. The third-order valence-electron chi connectivity index (χ3n) is 4.61. The molecular formula is C21H17ClN4O2. The first-order valence-electron chi connectivity index (χ1n) is 8.72. The van der Waals surface area contributed by atoms with Crippen LogP contribution in [-0.4, -0.2) is 22.8 Å². The second kappa shape index (κ2) is 7.32. The summed E-state index contributed by atoms with van der Waals surface area (Å²) in [5, 5.41) is 6.01. The van der Waals surface area contributed by atoms with Crippen molar-refractivity contribution < 1.29 is 9.59 Å². The molecule has 2 heterocycles. The average Bonchev–Trinajstić information content (AvgIpc) is 2.79. The van der Waals surface area contributed by atoms with E-state index < -0.39 is 6.04 Å². The topological polar surface area (TPSA) is 97.1 Å². The second-order valence-electron chi connectivity index (χ2n) is 6.58. The number of carbonyl (C=O) groups is 2. The number of hydrogen-bond donors (Lipinski definition) is 3. The molecule has 2 amide bonds. The van der Waals surface area contributed by atoms with Crippen LogP contribution in [-0.2, 0) is 11.2 Å². The van der Waals surface area contributed by atoms with Crippen LogP contribution in [0, 0.1) is 0 Å². The predicted molar refractivity (Wildman–Crippen MR) is 109 cm³/mol. The number of nitrogen functional groups attached to an aromatic ring is 1. The molecule has 3 aromatic rings. The number of benzene rings is 2. The van der Waals surface area contributed by atoms with E-state index in [2.05, 4.69) is 15.6 Å². The van der Waals surface area contributed by atoms with Gasteiger partial charge in [0.25, 0.3) is 5.91 Å². The maximum absolute atomic E-state index is 12.6. The molecular weight excluding hydrogens is 376 g/mol. The molecule has 2 aromatic carbocycles. The van der Waals surface area contributed by atoms with Gasteiger partial charge in [0.05, 0.1) is 11.3 Å². The number of rotatable bonds is 3. The van der Waals surface area contributed by atoms with Gasteiger partial charge in [-0.25, -0.2) is 4.98 Å². The van der Waals surface area contributed by atoms with Gasteiger partial charge < -0.3 is 16.4 Å². The van der Waals surface area contributed by atoms with E-state index in [0.29, 0.717) is 28.5 Å². The molecule has 1 aromatic heterocycles. The van der Waals surface area contributed by atoms with Crippen LogP contribution in [0.25, 0.3) is 11.1 Å². The van der Waals surface area contributed by atoms with Gasteiger partial charge in [-0.3, -0.25) is 9.59 Å². The molecule has 0 radical (unpaired) electrons. The van der Waals surface area contributed by atoms with E-state index in [1.165, 1.54) is 0 Å². The summed E-state index contributed by atoms with van der Waals surface area (Å²) in [5.74, 6) is -0.135. The Balaban J connectivity index is 1.53. The van der Waals surface area contributed by atoms with E-state index in [1.807, 2.05) is 30.3 Å². The minimum atomic E-state index is -0.680. The summed E-state index contributed by atoms with van der Waals surface area (Å²) < 4.78 is 0. The second-order valence-corrected chi connectivity index (χ2v) is 7.01. The van der Waals surface area contributed by atoms with E-state index >= 15 is 0 Å². The SMILES string of the molecule is Nc1cc(-c2ccc(CC3NC(=O)c4cc(Cl)ccc4NC3=O)cc2)ccn1. The number of nitrogens with zero attached hydrogens (tertiary/aromatic N) is 1. The monoisotopic (exact) mass is 392 g/mol. The third-order valence-corrected chi connectivity index (χ3v) is 4.85. The van der Waals surface area contributed by atoms with E-state index in [0.717, 1.165) is 16.7 Å². The Labute approximate surface area is 166 Å². The van der Waals surface area contributed by atoms with Gasteiger partial charge in [0, 0.05) is 17.6 Å². The fraction of sp³-hybridized carbons (Fsp3) is 0.0952. The van der Waals surface area contributed by atoms with Crippen LogP contribution in [0.4, 0.5) is 11.5 Å². The number of pyridine rings is 1. The number of fused-ring (bicyclic) bond motifs is 1.